The second kappa shape index (κ2) is 4.60. The van der Waals surface area contributed by atoms with Crippen molar-refractivity contribution < 1.29 is 24.9 Å². The Morgan fingerprint density at radius 1 is 1.24 bits per heavy atom. The zero-order valence-corrected chi connectivity index (χ0v) is 15.2. The van der Waals surface area contributed by atoms with Gasteiger partial charge in [0.15, 0.2) is 0 Å². The maximum absolute atomic E-state index is 12.1. The SMILES string of the molecule is C[C@@]12CCC[C@@](C)(C(=O)O)[C@H]1CC[C@]13C[C@H]4C[C@H](O[C@@]4(CO)[C@H]1O)[C@@H]23. The van der Waals surface area contributed by atoms with Gasteiger partial charge < -0.3 is 20.1 Å². The Kier molecular flexibility index (Phi) is 3.04. The summed E-state index contributed by atoms with van der Waals surface area (Å²) in [6.07, 6.45) is 5.74. The van der Waals surface area contributed by atoms with E-state index in [4.69, 9.17) is 4.74 Å². The molecule has 6 aliphatic rings. The molecule has 5 heteroatoms. The number of aliphatic carboxylic acids is 1. The van der Waals surface area contributed by atoms with E-state index in [9.17, 15) is 20.1 Å². The van der Waals surface area contributed by atoms with Crippen molar-refractivity contribution in [3.05, 3.63) is 0 Å². The Morgan fingerprint density at radius 2 is 2.00 bits per heavy atom. The highest BCUT2D eigenvalue weighted by Crippen LogP contribution is 2.76. The van der Waals surface area contributed by atoms with E-state index in [1.807, 2.05) is 6.92 Å². The van der Waals surface area contributed by atoms with Gasteiger partial charge in [-0.2, -0.15) is 0 Å². The van der Waals surface area contributed by atoms with E-state index in [0.717, 1.165) is 44.9 Å². The Bertz CT molecular complexity index is 636. The van der Waals surface area contributed by atoms with Gasteiger partial charge in [-0.25, -0.2) is 0 Å². The van der Waals surface area contributed by atoms with E-state index in [-0.39, 0.29) is 41.3 Å². The molecule has 0 aromatic heterocycles. The van der Waals surface area contributed by atoms with Crippen molar-refractivity contribution in [2.75, 3.05) is 6.61 Å². The highest BCUT2D eigenvalue weighted by molar-refractivity contribution is 5.75. The molecule has 6 fully saturated rings. The van der Waals surface area contributed by atoms with Gasteiger partial charge in [0, 0.05) is 5.41 Å². The van der Waals surface area contributed by atoms with Gasteiger partial charge in [0.05, 0.1) is 24.2 Å². The fourth-order valence-corrected chi connectivity index (χ4v) is 8.71. The van der Waals surface area contributed by atoms with Crippen molar-refractivity contribution in [2.24, 2.45) is 34.0 Å². The normalized spacial score (nSPS) is 61.8. The first-order chi connectivity index (χ1) is 11.7. The maximum Gasteiger partial charge on any atom is 0.309 e. The lowest BCUT2D eigenvalue weighted by atomic mass is 9.40. The van der Waals surface area contributed by atoms with Crippen LogP contribution in [0.3, 0.4) is 0 Å². The van der Waals surface area contributed by atoms with Crippen molar-refractivity contribution in [3.8, 4) is 0 Å². The zero-order valence-electron chi connectivity index (χ0n) is 15.2. The minimum atomic E-state index is -0.755. The van der Waals surface area contributed by atoms with E-state index in [0.29, 0.717) is 0 Å². The fourth-order valence-electron chi connectivity index (χ4n) is 8.71. The van der Waals surface area contributed by atoms with Gasteiger partial charge in [-0.3, -0.25) is 4.79 Å². The third kappa shape index (κ3) is 1.57. The molecule has 6 rings (SSSR count). The lowest BCUT2D eigenvalue weighted by molar-refractivity contribution is -0.280. The molecule has 0 radical (unpaired) electrons. The number of carboxylic acid groups (broad SMARTS) is 1. The van der Waals surface area contributed by atoms with Crippen molar-refractivity contribution in [1.82, 2.24) is 0 Å². The predicted molar refractivity (Wildman–Crippen MR) is 89.8 cm³/mol. The minimum absolute atomic E-state index is 0.0678. The number of carboxylic acids is 1. The number of aliphatic hydroxyl groups is 2. The van der Waals surface area contributed by atoms with Gasteiger partial charge in [-0.1, -0.05) is 13.3 Å². The molecule has 4 saturated carbocycles. The van der Waals surface area contributed by atoms with Crippen LogP contribution in [0.15, 0.2) is 0 Å². The smallest absolute Gasteiger partial charge is 0.309 e. The Labute approximate surface area is 148 Å². The molecular formula is C20H30O5. The average molecular weight is 350 g/mol. The summed E-state index contributed by atoms with van der Waals surface area (Å²) in [4.78, 5) is 12.1. The van der Waals surface area contributed by atoms with Crippen LogP contribution in [0, 0.1) is 34.0 Å². The number of ether oxygens (including phenoxy) is 1. The highest BCUT2D eigenvalue weighted by atomic mass is 16.5. The van der Waals surface area contributed by atoms with Crippen molar-refractivity contribution in [1.29, 1.82) is 0 Å². The van der Waals surface area contributed by atoms with Gasteiger partial charge in [-0.15, -0.1) is 0 Å². The lowest BCUT2D eigenvalue weighted by Crippen LogP contribution is -2.67. The van der Waals surface area contributed by atoms with Gasteiger partial charge in [0.1, 0.15) is 5.60 Å². The monoisotopic (exact) mass is 350 g/mol. The molecule has 0 aromatic carbocycles. The molecule has 4 aliphatic carbocycles. The van der Waals surface area contributed by atoms with Crippen LogP contribution in [0.1, 0.15) is 58.8 Å². The minimum Gasteiger partial charge on any atom is -0.481 e. The second-order valence-corrected chi connectivity index (χ2v) is 10.2. The molecule has 4 bridgehead atoms. The highest BCUT2D eigenvalue weighted by Gasteiger charge is 2.79. The number of aliphatic hydroxyl groups excluding tert-OH is 2. The van der Waals surface area contributed by atoms with E-state index < -0.39 is 23.1 Å². The lowest BCUT2D eigenvalue weighted by Gasteiger charge is -2.66. The van der Waals surface area contributed by atoms with Gasteiger partial charge in [0.25, 0.3) is 0 Å². The molecule has 2 heterocycles. The zero-order chi connectivity index (χ0) is 17.8. The number of hydrogen-bond donors (Lipinski definition) is 3. The molecule has 0 amide bonds. The van der Waals surface area contributed by atoms with E-state index in [1.54, 1.807) is 0 Å². The predicted octanol–water partition coefficient (Wildman–Crippen LogP) is 2.19. The topological polar surface area (TPSA) is 87.0 Å². The van der Waals surface area contributed by atoms with Gasteiger partial charge in [-0.05, 0) is 68.6 Å². The first-order valence-electron chi connectivity index (χ1n) is 9.95. The Hall–Kier alpha value is -0.650. The van der Waals surface area contributed by atoms with Crippen molar-refractivity contribution in [2.45, 2.75) is 76.6 Å². The van der Waals surface area contributed by atoms with Crippen LogP contribution < -0.4 is 0 Å². The molecule has 0 unspecified atom stereocenters. The molecule has 5 nitrogen and oxygen atoms in total. The van der Waals surface area contributed by atoms with Gasteiger partial charge >= 0.3 is 5.97 Å². The molecule has 140 valence electrons. The molecule has 2 aliphatic heterocycles. The van der Waals surface area contributed by atoms with Crippen LogP contribution in [-0.2, 0) is 9.53 Å². The van der Waals surface area contributed by atoms with Crippen LogP contribution in [-0.4, -0.2) is 45.7 Å². The summed E-state index contributed by atoms with van der Waals surface area (Å²) in [7, 11) is 0. The summed E-state index contributed by atoms with van der Waals surface area (Å²) in [5.41, 5.74) is -1.72. The maximum atomic E-state index is 12.1. The molecule has 9 atom stereocenters. The first kappa shape index (κ1) is 16.5. The van der Waals surface area contributed by atoms with Crippen LogP contribution >= 0.6 is 0 Å². The van der Waals surface area contributed by atoms with E-state index in [2.05, 4.69) is 6.92 Å². The molecule has 2 saturated heterocycles. The molecule has 0 aromatic rings. The summed E-state index contributed by atoms with van der Waals surface area (Å²) >= 11 is 0. The summed E-state index contributed by atoms with van der Waals surface area (Å²) in [6, 6.07) is 0. The molecular weight excluding hydrogens is 320 g/mol. The van der Waals surface area contributed by atoms with Crippen molar-refractivity contribution in [3.63, 3.8) is 0 Å². The van der Waals surface area contributed by atoms with Crippen LogP contribution in [0.25, 0.3) is 0 Å². The molecule has 3 N–H and O–H groups in total. The Morgan fingerprint density at radius 3 is 2.64 bits per heavy atom. The fraction of sp³-hybridized carbons (Fsp3) is 0.950. The number of carbonyl (C=O) groups is 1. The first-order valence-corrected chi connectivity index (χ1v) is 9.95. The third-order valence-corrected chi connectivity index (χ3v) is 9.53. The standard InChI is InChI=1S/C20H30O5/c1-17-5-3-6-18(2,16(23)24)13(17)4-7-19-9-11-8-12(14(17)19)25-20(11,10-21)15(19)22/h11-15,21-22H,3-10H2,1-2H3,(H,23,24)/t11-,12+,13+,14+,15+,17-,18-,19-,20-/m1/s1. The Balaban J connectivity index is 1.61. The number of hydrogen-bond acceptors (Lipinski definition) is 4. The largest absolute Gasteiger partial charge is 0.481 e. The van der Waals surface area contributed by atoms with E-state index >= 15 is 0 Å². The van der Waals surface area contributed by atoms with Crippen molar-refractivity contribution >= 4 is 5.97 Å². The quantitative estimate of drug-likeness (QED) is 0.711. The summed E-state index contributed by atoms with van der Waals surface area (Å²) in [5, 5.41) is 31.3. The van der Waals surface area contributed by atoms with Crippen LogP contribution in [0.5, 0.6) is 0 Å². The third-order valence-electron chi connectivity index (χ3n) is 9.53. The summed E-state index contributed by atoms with van der Waals surface area (Å²) in [6.45, 7) is 4.11. The molecule has 1 spiro atoms. The number of rotatable bonds is 2. The molecule has 25 heavy (non-hydrogen) atoms. The van der Waals surface area contributed by atoms with Crippen LogP contribution in [0.2, 0.25) is 0 Å². The summed E-state index contributed by atoms with van der Waals surface area (Å²) in [5.74, 6) is -0.0623. The van der Waals surface area contributed by atoms with E-state index in [1.165, 1.54) is 0 Å². The van der Waals surface area contributed by atoms with Crippen LogP contribution in [0.4, 0.5) is 0 Å². The second-order valence-electron chi connectivity index (χ2n) is 10.2. The summed E-state index contributed by atoms with van der Waals surface area (Å²) < 4.78 is 6.36. The van der Waals surface area contributed by atoms with Gasteiger partial charge in [0.2, 0.25) is 0 Å². The number of fused-ring (bicyclic) bond motifs is 1. The average Bonchev–Trinajstić information content (AvgIpc) is 2.93.